The fourth-order valence-electron chi connectivity index (χ4n) is 2.49. The van der Waals surface area contributed by atoms with Crippen LogP contribution in [0.4, 0.5) is 0 Å². The van der Waals surface area contributed by atoms with E-state index in [-0.39, 0.29) is 18.8 Å². The summed E-state index contributed by atoms with van der Waals surface area (Å²) in [6.07, 6.45) is 8.76. The van der Waals surface area contributed by atoms with Crippen LogP contribution in [0.15, 0.2) is 0 Å². The lowest BCUT2D eigenvalue weighted by Gasteiger charge is -2.38. The van der Waals surface area contributed by atoms with Gasteiger partial charge in [0.1, 0.15) is 6.10 Å². The fourth-order valence-corrected chi connectivity index (χ4v) is 2.49. The van der Waals surface area contributed by atoms with E-state index in [0.29, 0.717) is 0 Å². The summed E-state index contributed by atoms with van der Waals surface area (Å²) in [5, 5.41) is 18.1. The molecule has 1 aliphatic rings. The van der Waals surface area contributed by atoms with Crippen LogP contribution in [0.1, 0.15) is 58.3 Å². The summed E-state index contributed by atoms with van der Waals surface area (Å²) in [7, 11) is 0. The highest BCUT2D eigenvalue weighted by Gasteiger charge is 2.32. The molecule has 1 saturated carbocycles. The van der Waals surface area contributed by atoms with Crippen molar-refractivity contribution in [1.82, 2.24) is 0 Å². The summed E-state index contributed by atoms with van der Waals surface area (Å²) in [6.45, 7) is 2.27. The highest BCUT2D eigenvalue weighted by atomic mass is 16.5. The van der Waals surface area contributed by atoms with E-state index in [9.17, 15) is 5.11 Å². The van der Waals surface area contributed by atoms with Gasteiger partial charge in [0, 0.05) is 0 Å². The molecule has 0 aliphatic heterocycles. The molecular formula is C13H26O3. The lowest BCUT2D eigenvalue weighted by molar-refractivity contribution is -0.111. The van der Waals surface area contributed by atoms with Crippen LogP contribution in [0.3, 0.4) is 0 Å². The molecule has 1 atom stereocenters. The third-order valence-electron chi connectivity index (χ3n) is 3.54. The van der Waals surface area contributed by atoms with Crippen molar-refractivity contribution in [2.45, 2.75) is 70.0 Å². The van der Waals surface area contributed by atoms with Crippen LogP contribution >= 0.6 is 0 Å². The standard InChI is InChI=1S/C13H26O3/c1-2-3-7-13(8-5-4-6-9-13)16-11-12(15)10-14/h12,14-15H,2-11H2,1H3. The molecule has 0 aromatic rings. The van der Waals surface area contributed by atoms with Crippen LogP contribution in [-0.2, 0) is 4.74 Å². The number of rotatable bonds is 7. The molecule has 0 saturated heterocycles. The maximum atomic E-state index is 9.35. The molecular weight excluding hydrogens is 204 g/mol. The van der Waals surface area contributed by atoms with Crippen LogP contribution < -0.4 is 0 Å². The monoisotopic (exact) mass is 230 g/mol. The predicted molar refractivity (Wildman–Crippen MR) is 64.4 cm³/mol. The Morgan fingerprint density at radius 3 is 2.50 bits per heavy atom. The highest BCUT2D eigenvalue weighted by Crippen LogP contribution is 2.35. The summed E-state index contributed by atoms with van der Waals surface area (Å²) in [5.74, 6) is 0. The summed E-state index contributed by atoms with van der Waals surface area (Å²) >= 11 is 0. The number of aliphatic hydroxyl groups is 2. The normalized spacial score (nSPS) is 21.9. The van der Waals surface area contributed by atoms with Crippen LogP contribution in [0.2, 0.25) is 0 Å². The Bertz CT molecular complexity index is 176. The van der Waals surface area contributed by atoms with Crippen molar-refractivity contribution in [2.24, 2.45) is 0 Å². The molecule has 16 heavy (non-hydrogen) atoms. The van der Waals surface area contributed by atoms with E-state index in [1.54, 1.807) is 0 Å². The van der Waals surface area contributed by atoms with Crippen molar-refractivity contribution >= 4 is 0 Å². The average molecular weight is 230 g/mol. The number of hydrogen-bond donors (Lipinski definition) is 2. The van der Waals surface area contributed by atoms with Crippen molar-refractivity contribution in [3.05, 3.63) is 0 Å². The fraction of sp³-hybridized carbons (Fsp3) is 1.00. The van der Waals surface area contributed by atoms with E-state index in [0.717, 1.165) is 19.3 Å². The SMILES string of the molecule is CCCCC1(OCC(O)CO)CCCCC1. The van der Waals surface area contributed by atoms with Crippen LogP contribution in [0.25, 0.3) is 0 Å². The third kappa shape index (κ3) is 4.40. The zero-order valence-corrected chi connectivity index (χ0v) is 10.5. The Balaban J connectivity index is 2.42. The average Bonchev–Trinajstić information content (AvgIpc) is 2.35. The smallest absolute Gasteiger partial charge is 0.100 e. The van der Waals surface area contributed by atoms with Gasteiger partial charge in [-0.15, -0.1) is 0 Å². The van der Waals surface area contributed by atoms with E-state index >= 15 is 0 Å². The first kappa shape index (κ1) is 13.9. The van der Waals surface area contributed by atoms with Crippen molar-refractivity contribution in [1.29, 1.82) is 0 Å². The number of unbranched alkanes of at least 4 members (excludes halogenated alkanes) is 1. The molecule has 0 aromatic heterocycles. The third-order valence-corrected chi connectivity index (χ3v) is 3.54. The van der Waals surface area contributed by atoms with E-state index < -0.39 is 6.10 Å². The van der Waals surface area contributed by atoms with E-state index in [2.05, 4.69) is 6.92 Å². The quantitative estimate of drug-likeness (QED) is 0.705. The van der Waals surface area contributed by atoms with Gasteiger partial charge in [0.25, 0.3) is 0 Å². The molecule has 1 rings (SSSR count). The Labute approximate surface area is 98.8 Å². The Hall–Kier alpha value is -0.120. The van der Waals surface area contributed by atoms with Gasteiger partial charge in [-0.25, -0.2) is 0 Å². The van der Waals surface area contributed by atoms with E-state index in [4.69, 9.17) is 9.84 Å². The molecule has 96 valence electrons. The first-order valence-electron chi connectivity index (χ1n) is 6.65. The van der Waals surface area contributed by atoms with E-state index in [1.165, 1.54) is 32.1 Å². The largest absolute Gasteiger partial charge is 0.394 e. The maximum Gasteiger partial charge on any atom is 0.100 e. The van der Waals surface area contributed by atoms with Crippen molar-refractivity contribution in [3.63, 3.8) is 0 Å². The van der Waals surface area contributed by atoms with Gasteiger partial charge in [-0.3, -0.25) is 0 Å². The molecule has 1 fully saturated rings. The molecule has 0 radical (unpaired) electrons. The van der Waals surface area contributed by atoms with E-state index in [1.807, 2.05) is 0 Å². The predicted octanol–water partition coefficient (Wildman–Crippen LogP) is 2.25. The van der Waals surface area contributed by atoms with Gasteiger partial charge in [-0.1, -0.05) is 39.0 Å². The molecule has 0 amide bonds. The van der Waals surface area contributed by atoms with Crippen molar-refractivity contribution in [3.8, 4) is 0 Å². The second-order valence-corrected chi connectivity index (χ2v) is 4.99. The highest BCUT2D eigenvalue weighted by molar-refractivity contribution is 4.84. The van der Waals surface area contributed by atoms with Gasteiger partial charge in [-0.2, -0.15) is 0 Å². The van der Waals surface area contributed by atoms with Crippen LogP contribution in [-0.4, -0.2) is 35.1 Å². The zero-order chi connectivity index (χ0) is 11.9. The molecule has 1 aliphatic carbocycles. The summed E-state index contributed by atoms with van der Waals surface area (Å²) in [4.78, 5) is 0. The second-order valence-electron chi connectivity index (χ2n) is 4.99. The van der Waals surface area contributed by atoms with Crippen molar-refractivity contribution < 1.29 is 14.9 Å². The lowest BCUT2D eigenvalue weighted by Crippen LogP contribution is -2.38. The van der Waals surface area contributed by atoms with Crippen LogP contribution in [0.5, 0.6) is 0 Å². The van der Waals surface area contributed by atoms with Crippen molar-refractivity contribution in [2.75, 3.05) is 13.2 Å². The van der Waals surface area contributed by atoms with Gasteiger partial charge < -0.3 is 14.9 Å². The summed E-state index contributed by atoms with van der Waals surface area (Å²) in [5.41, 5.74) is -0.00951. The Kier molecular flexibility index (Phi) is 6.32. The first-order valence-corrected chi connectivity index (χ1v) is 6.65. The summed E-state index contributed by atoms with van der Waals surface area (Å²) < 4.78 is 5.92. The number of hydrogen-bond acceptors (Lipinski definition) is 3. The second kappa shape index (κ2) is 7.25. The van der Waals surface area contributed by atoms with Gasteiger partial charge >= 0.3 is 0 Å². The first-order chi connectivity index (χ1) is 7.72. The minimum Gasteiger partial charge on any atom is -0.394 e. The number of aliphatic hydroxyl groups excluding tert-OH is 2. The zero-order valence-electron chi connectivity index (χ0n) is 10.5. The minimum absolute atomic E-state index is 0.00951. The molecule has 2 N–H and O–H groups in total. The van der Waals surface area contributed by atoms with Gasteiger partial charge in [0.2, 0.25) is 0 Å². The van der Waals surface area contributed by atoms with Gasteiger partial charge in [0.05, 0.1) is 18.8 Å². The lowest BCUT2D eigenvalue weighted by atomic mass is 9.81. The Morgan fingerprint density at radius 2 is 1.94 bits per heavy atom. The summed E-state index contributed by atoms with van der Waals surface area (Å²) in [6, 6.07) is 0. The molecule has 0 heterocycles. The number of ether oxygens (including phenoxy) is 1. The van der Waals surface area contributed by atoms with Gasteiger partial charge in [0.15, 0.2) is 0 Å². The minimum atomic E-state index is -0.722. The molecule has 3 nitrogen and oxygen atoms in total. The Morgan fingerprint density at radius 1 is 1.25 bits per heavy atom. The topological polar surface area (TPSA) is 49.7 Å². The molecule has 1 unspecified atom stereocenters. The molecule has 0 spiro atoms. The maximum absolute atomic E-state index is 9.35. The van der Waals surface area contributed by atoms with Gasteiger partial charge in [-0.05, 0) is 19.3 Å². The molecule has 0 bridgehead atoms. The molecule has 0 aromatic carbocycles. The van der Waals surface area contributed by atoms with Crippen LogP contribution in [0, 0.1) is 0 Å². The molecule has 3 heteroatoms.